The van der Waals surface area contributed by atoms with Gasteiger partial charge in [0, 0.05) is 25.2 Å². The molecule has 0 spiro atoms. The molecule has 1 aliphatic carbocycles. The molecule has 0 bridgehead atoms. The number of nitrogens with zero attached hydrogens (tertiary/aromatic N) is 1. The Morgan fingerprint density at radius 3 is 2.76 bits per heavy atom. The van der Waals surface area contributed by atoms with Crippen LogP contribution in [0.1, 0.15) is 37.8 Å². The molecule has 118 valence electrons. The molecule has 0 saturated heterocycles. The van der Waals surface area contributed by atoms with E-state index in [1.807, 2.05) is 0 Å². The summed E-state index contributed by atoms with van der Waals surface area (Å²) in [6.45, 7) is 8.71. The molecule has 1 aromatic carbocycles. The maximum Gasteiger partial charge on any atom is 0.123 e. The van der Waals surface area contributed by atoms with Crippen molar-refractivity contribution in [3.63, 3.8) is 0 Å². The van der Waals surface area contributed by atoms with E-state index in [1.54, 1.807) is 7.11 Å². The zero-order valence-electron chi connectivity index (χ0n) is 14.0. The van der Waals surface area contributed by atoms with Gasteiger partial charge < -0.3 is 15.0 Å². The predicted octanol–water partition coefficient (Wildman–Crippen LogP) is 3.28. The molecule has 1 fully saturated rings. The van der Waals surface area contributed by atoms with Gasteiger partial charge in [-0.25, -0.2) is 0 Å². The average molecular weight is 290 g/mol. The second kappa shape index (κ2) is 7.81. The van der Waals surface area contributed by atoms with E-state index in [4.69, 9.17) is 4.74 Å². The van der Waals surface area contributed by atoms with E-state index in [0.29, 0.717) is 0 Å². The maximum absolute atomic E-state index is 5.52. The van der Waals surface area contributed by atoms with Crippen LogP contribution in [0.4, 0.5) is 0 Å². The molecular weight excluding hydrogens is 260 g/mol. The van der Waals surface area contributed by atoms with Crippen LogP contribution in [0, 0.1) is 11.8 Å². The lowest BCUT2D eigenvalue weighted by molar-refractivity contribution is 0.300. The van der Waals surface area contributed by atoms with Gasteiger partial charge in [-0.05, 0) is 56.0 Å². The average Bonchev–Trinajstić information content (AvgIpc) is 3.14. The molecule has 3 nitrogen and oxygen atoms in total. The lowest BCUT2D eigenvalue weighted by atomic mass is 10.1. The first-order valence-electron chi connectivity index (χ1n) is 8.19. The highest BCUT2D eigenvalue weighted by atomic mass is 16.5. The lowest BCUT2D eigenvalue weighted by Gasteiger charge is -2.19. The summed E-state index contributed by atoms with van der Waals surface area (Å²) < 4.78 is 5.52. The minimum atomic E-state index is 0.899. The third-order valence-corrected chi connectivity index (χ3v) is 4.36. The molecule has 21 heavy (non-hydrogen) atoms. The standard InChI is InChI=1S/C18H30N2O/c1-5-8-19-11-15-6-7-18(21-4)17(10-15)13-20(3)12-16-9-14(16)2/h6-7,10,14,16,19H,5,8-9,11-13H2,1-4H3. The second-order valence-electron chi connectivity index (χ2n) is 6.49. The summed E-state index contributed by atoms with van der Waals surface area (Å²) in [6.07, 6.45) is 2.56. The molecule has 0 aromatic heterocycles. The summed E-state index contributed by atoms with van der Waals surface area (Å²) in [4.78, 5) is 2.43. The molecular formula is C18H30N2O. The Balaban J connectivity index is 1.95. The van der Waals surface area contributed by atoms with Crippen LogP contribution in [-0.4, -0.2) is 32.1 Å². The maximum atomic E-state index is 5.52. The molecule has 1 N–H and O–H groups in total. The zero-order chi connectivity index (χ0) is 15.2. The predicted molar refractivity (Wildman–Crippen MR) is 88.6 cm³/mol. The molecule has 2 unspecified atom stereocenters. The molecule has 1 aromatic rings. The van der Waals surface area contributed by atoms with E-state index in [9.17, 15) is 0 Å². The molecule has 0 radical (unpaired) electrons. The first-order chi connectivity index (χ1) is 10.1. The zero-order valence-corrected chi connectivity index (χ0v) is 14.0. The summed E-state index contributed by atoms with van der Waals surface area (Å²) in [5, 5.41) is 3.46. The van der Waals surface area contributed by atoms with Gasteiger partial charge in [0.1, 0.15) is 5.75 Å². The van der Waals surface area contributed by atoms with Crippen molar-refractivity contribution < 1.29 is 4.74 Å². The van der Waals surface area contributed by atoms with Gasteiger partial charge in [0.15, 0.2) is 0 Å². The quantitative estimate of drug-likeness (QED) is 0.706. The monoisotopic (exact) mass is 290 g/mol. The number of rotatable bonds is 9. The van der Waals surface area contributed by atoms with E-state index in [2.05, 4.69) is 49.3 Å². The van der Waals surface area contributed by atoms with Crippen LogP contribution in [0.15, 0.2) is 18.2 Å². The highest BCUT2D eigenvalue weighted by molar-refractivity contribution is 5.37. The Kier molecular flexibility index (Phi) is 6.07. The number of methoxy groups -OCH3 is 1. The Morgan fingerprint density at radius 1 is 1.38 bits per heavy atom. The van der Waals surface area contributed by atoms with Gasteiger partial charge >= 0.3 is 0 Å². The first kappa shape index (κ1) is 16.3. The van der Waals surface area contributed by atoms with Crippen LogP contribution in [0.25, 0.3) is 0 Å². The smallest absolute Gasteiger partial charge is 0.123 e. The van der Waals surface area contributed by atoms with Crippen molar-refractivity contribution in [1.82, 2.24) is 10.2 Å². The molecule has 0 heterocycles. The van der Waals surface area contributed by atoms with Crippen molar-refractivity contribution in [3.05, 3.63) is 29.3 Å². The van der Waals surface area contributed by atoms with Gasteiger partial charge in [0.05, 0.1) is 7.11 Å². The number of hydrogen-bond acceptors (Lipinski definition) is 3. The first-order valence-corrected chi connectivity index (χ1v) is 8.19. The number of hydrogen-bond donors (Lipinski definition) is 1. The Hall–Kier alpha value is -1.06. The van der Waals surface area contributed by atoms with Crippen LogP contribution >= 0.6 is 0 Å². The molecule has 0 amide bonds. The second-order valence-corrected chi connectivity index (χ2v) is 6.49. The van der Waals surface area contributed by atoms with Crippen molar-refractivity contribution in [2.24, 2.45) is 11.8 Å². The van der Waals surface area contributed by atoms with Crippen molar-refractivity contribution >= 4 is 0 Å². The molecule has 2 atom stereocenters. The van der Waals surface area contributed by atoms with Gasteiger partial charge in [-0.2, -0.15) is 0 Å². The molecule has 1 saturated carbocycles. The largest absolute Gasteiger partial charge is 0.496 e. The van der Waals surface area contributed by atoms with Crippen molar-refractivity contribution in [3.8, 4) is 5.75 Å². The van der Waals surface area contributed by atoms with Gasteiger partial charge in [-0.3, -0.25) is 0 Å². The minimum Gasteiger partial charge on any atom is -0.496 e. The van der Waals surface area contributed by atoms with Crippen LogP contribution in [0.2, 0.25) is 0 Å². The van der Waals surface area contributed by atoms with Crippen LogP contribution < -0.4 is 10.1 Å². The Bertz CT molecular complexity index is 447. The lowest BCUT2D eigenvalue weighted by Crippen LogP contribution is -2.21. The highest BCUT2D eigenvalue weighted by Crippen LogP contribution is 2.38. The third-order valence-electron chi connectivity index (χ3n) is 4.36. The summed E-state index contributed by atoms with van der Waals surface area (Å²) >= 11 is 0. The van der Waals surface area contributed by atoms with Crippen molar-refractivity contribution in [2.75, 3.05) is 27.2 Å². The van der Waals surface area contributed by atoms with E-state index < -0.39 is 0 Å². The fraction of sp³-hybridized carbons (Fsp3) is 0.667. The molecule has 2 rings (SSSR count). The van der Waals surface area contributed by atoms with E-state index in [-0.39, 0.29) is 0 Å². The SMILES string of the molecule is CCCNCc1ccc(OC)c(CN(C)CC2CC2C)c1. The van der Waals surface area contributed by atoms with Crippen LogP contribution in [0.5, 0.6) is 5.75 Å². The fourth-order valence-corrected chi connectivity index (χ4v) is 2.88. The Morgan fingerprint density at radius 2 is 2.14 bits per heavy atom. The summed E-state index contributed by atoms with van der Waals surface area (Å²) in [5.74, 6) is 2.82. The number of nitrogens with one attached hydrogen (secondary N) is 1. The summed E-state index contributed by atoms with van der Waals surface area (Å²) in [7, 11) is 3.98. The third kappa shape index (κ3) is 5.01. The Labute approximate surface area is 129 Å². The van der Waals surface area contributed by atoms with Gasteiger partial charge in [0.2, 0.25) is 0 Å². The van der Waals surface area contributed by atoms with Crippen molar-refractivity contribution in [2.45, 2.75) is 39.8 Å². The number of ether oxygens (including phenoxy) is 1. The molecule has 1 aliphatic rings. The molecule has 3 heteroatoms. The highest BCUT2D eigenvalue weighted by Gasteiger charge is 2.33. The van der Waals surface area contributed by atoms with Gasteiger partial charge in [0.25, 0.3) is 0 Å². The van der Waals surface area contributed by atoms with E-state index in [1.165, 1.54) is 30.5 Å². The number of benzene rings is 1. The van der Waals surface area contributed by atoms with Crippen molar-refractivity contribution in [1.29, 1.82) is 0 Å². The molecule has 0 aliphatic heterocycles. The van der Waals surface area contributed by atoms with Crippen LogP contribution in [-0.2, 0) is 13.1 Å². The van der Waals surface area contributed by atoms with E-state index >= 15 is 0 Å². The normalized spacial score (nSPS) is 20.8. The summed E-state index contributed by atoms with van der Waals surface area (Å²) in [5.41, 5.74) is 2.64. The minimum absolute atomic E-state index is 0.899. The van der Waals surface area contributed by atoms with Gasteiger partial charge in [-0.15, -0.1) is 0 Å². The van der Waals surface area contributed by atoms with Gasteiger partial charge in [-0.1, -0.05) is 19.9 Å². The van der Waals surface area contributed by atoms with E-state index in [0.717, 1.165) is 37.2 Å². The topological polar surface area (TPSA) is 24.5 Å². The summed E-state index contributed by atoms with van der Waals surface area (Å²) in [6, 6.07) is 6.55. The fourth-order valence-electron chi connectivity index (χ4n) is 2.88. The van der Waals surface area contributed by atoms with Crippen LogP contribution in [0.3, 0.4) is 0 Å².